The average molecular weight is 441 g/mol. The lowest BCUT2D eigenvalue weighted by Gasteiger charge is -2.45. The highest BCUT2D eigenvalue weighted by Crippen LogP contribution is 2.33. The van der Waals surface area contributed by atoms with Crippen molar-refractivity contribution in [2.45, 2.75) is 45.8 Å². The van der Waals surface area contributed by atoms with E-state index in [1.807, 2.05) is 13.8 Å². The highest BCUT2D eigenvalue weighted by atomic mass is 19.4. The van der Waals surface area contributed by atoms with Crippen molar-refractivity contribution < 1.29 is 22.4 Å². The maximum absolute atomic E-state index is 13.8. The van der Waals surface area contributed by atoms with Gasteiger partial charge in [-0.25, -0.2) is 9.07 Å². The lowest BCUT2D eigenvalue weighted by Crippen LogP contribution is -2.56. The van der Waals surface area contributed by atoms with Gasteiger partial charge in [0.15, 0.2) is 11.4 Å². The Kier molecular flexibility index (Phi) is 6.40. The second-order valence-corrected chi connectivity index (χ2v) is 9.02. The quantitative estimate of drug-likeness (QED) is 0.715. The number of hydrogen-bond donors (Lipinski definition) is 1. The second kappa shape index (κ2) is 8.57. The van der Waals surface area contributed by atoms with Gasteiger partial charge < -0.3 is 5.32 Å². The van der Waals surface area contributed by atoms with E-state index in [1.165, 1.54) is 0 Å². The molecule has 170 valence electrons. The zero-order valence-corrected chi connectivity index (χ0v) is 18.0. The number of hydrogen-bond acceptors (Lipinski definition) is 4. The van der Waals surface area contributed by atoms with Crippen molar-refractivity contribution in [3.8, 4) is 5.69 Å². The van der Waals surface area contributed by atoms with Crippen molar-refractivity contribution in [3.05, 3.63) is 41.5 Å². The van der Waals surface area contributed by atoms with Crippen molar-refractivity contribution in [2.24, 2.45) is 11.8 Å². The monoisotopic (exact) mass is 441 g/mol. The number of amides is 1. The van der Waals surface area contributed by atoms with E-state index in [-0.39, 0.29) is 12.2 Å². The van der Waals surface area contributed by atoms with Crippen LogP contribution in [0.25, 0.3) is 5.69 Å². The molecular weight excluding hydrogens is 414 g/mol. The molecular formula is C21H27F4N5O. The SMILES string of the molecule is CC1CC(C)CN(C(C)(C)CNC(=O)c2nnn(-c3ccc(F)cc3)c2C(F)(F)F)C1. The number of nitrogens with one attached hydrogen (secondary N) is 1. The summed E-state index contributed by atoms with van der Waals surface area (Å²) < 4.78 is 54.9. The zero-order valence-electron chi connectivity index (χ0n) is 18.0. The van der Waals surface area contributed by atoms with E-state index in [4.69, 9.17) is 0 Å². The Bertz CT molecular complexity index is 913. The van der Waals surface area contributed by atoms with E-state index in [1.54, 1.807) is 0 Å². The molecule has 1 fully saturated rings. The second-order valence-electron chi connectivity index (χ2n) is 9.02. The first-order valence-corrected chi connectivity index (χ1v) is 10.2. The summed E-state index contributed by atoms with van der Waals surface area (Å²) >= 11 is 0. The minimum Gasteiger partial charge on any atom is -0.349 e. The molecule has 2 aromatic rings. The molecule has 6 nitrogen and oxygen atoms in total. The topological polar surface area (TPSA) is 63.1 Å². The number of likely N-dealkylation sites (tertiary alicyclic amines) is 1. The summed E-state index contributed by atoms with van der Waals surface area (Å²) in [5.41, 5.74) is -2.59. The first-order valence-electron chi connectivity index (χ1n) is 10.2. The van der Waals surface area contributed by atoms with Gasteiger partial charge in [-0.2, -0.15) is 13.2 Å². The van der Waals surface area contributed by atoms with Gasteiger partial charge in [0.05, 0.1) is 5.69 Å². The fourth-order valence-corrected chi connectivity index (χ4v) is 4.10. The van der Waals surface area contributed by atoms with Crippen LogP contribution in [0.15, 0.2) is 24.3 Å². The van der Waals surface area contributed by atoms with Gasteiger partial charge in [-0.1, -0.05) is 19.1 Å². The van der Waals surface area contributed by atoms with E-state index in [9.17, 15) is 22.4 Å². The molecule has 2 atom stereocenters. The van der Waals surface area contributed by atoms with Gasteiger partial charge in [0.1, 0.15) is 5.82 Å². The molecule has 1 aromatic carbocycles. The summed E-state index contributed by atoms with van der Waals surface area (Å²) in [6.07, 6.45) is -3.75. The number of aromatic nitrogens is 3. The fraction of sp³-hybridized carbons (Fsp3) is 0.571. The van der Waals surface area contributed by atoms with Crippen LogP contribution in [0.3, 0.4) is 0 Å². The predicted octanol–water partition coefficient (Wildman–Crippen LogP) is 3.91. The van der Waals surface area contributed by atoms with Crippen molar-refractivity contribution in [2.75, 3.05) is 19.6 Å². The summed E-state index contributed by atoms with van der Waals surface area (Å²) in [5, 5.41) is 9.60. The number of piperidine rings is 1. The summed E-state index contributed by atoms with van der Waals surface area (Å²) in [6, 6.07) is 4.31. The Morgan fingerprint density at radius 2 is 1.71 bits per heavy atom. The molecule has 31 heavy (non-hydrogen) atoms. The standard InChI is InChI=1S/C21H27F4N5O/c1-13-9-14(2)11-29(10-13)20(3,4)12-26-19(31)17-18(21(23,24)25)30(28-27-17)16-7-5-15(22)6-8-16/h5-8,13-14H,9-12H2,1-4H3,(H,26,31). The van der Waals surface area contributed by atoms with Crippen LogP contribution >= 0.6 is 0 Å². The molecule has 3 rings (SSSR count). The highest BCUT2D eigenvalue weighted by Gasteiger charge is 2.42. The van der Waals surface area contributed by atoms with Crippen molar-refractivity contribution in [1.29, 1.82) is 0 Å². The Balaban J connectivity index is 1.81. The molecule has 1 aromatic heterocycles. The van der Waals surface area contributed by atoms with E-state index in [0.717, 1.165) is 43.8 Å². The lowest BCUT2D eigenvalue weighted by atomic mass is 9.88. The van der Waals surface area contributed by atoms with Crippen LogP contribution in [0.4, 0.5) is 17.6 Å². The zero-order chi connectivity index (χ0) is 23.0. The van der Waals surface area contributed by atoms with E-state index in [0.29, 0.717) is 16.5 Å². The minimum atomic E-state index is -4.88. The van der Waals surface area contributed by atoms with Crippen LogP contribution in [0, 0.1) is 17.7 Å². The highest BCUT2D eigenvalue weighted by molar-refractivity contribution is 5.93. The molecule has 1 N–H and O–H groups in total. The van der Waals surface area contributed by atoms with Gasteiger partial charge in [-0.05, 0) is 56.4 Å². The third kappa shape index (κ3) is 5.23. The number of carbonyl (C=O) groups excluding carboxylic acids is 1. The van der Waals surface area contributed by atoms with Gasteiger partial charge in [0.2, 0.25) is 0 Å². The molecule has 0 spiro atoms. The van der Waals surface area contributed by atoms with Crippen LogP contribution in [0.5, 0.6) is 0 Å². The molecule has 2 heterocycles. The molecule has 1 aliphatic heterocycles. The normalized spacial score (nSPS) is 20.6. The molecule has 0 radical (unpaired) electrons. The molecule has 0 saturated carbocycles. The summed E-state index contributed by atoms with van der Waals surface area (Å²) in [6.45, 7) is 10.1. The number of carbonyl (C=O) groups is 1. The average Bonchev–Trinajstić information content (AvgIpc) is 3.12. The first kappa shape index (κ1) is 23.2. The molecule has 0 bridgehead atoms. The number of nitrogens with zero attached hydrogens (tertiary/aromatic N) is 4. The van der Waals surface area contributed by atoms with Crippen LogP contribution in [-0.2, 0) is 6.18 Å². The maximum Gasteiger partial charge on any atom is 0.435 e. The summed E-state index contributed by atoms with van der Waals surface area (Å²) in [5.74, 6) is -0.539. The lowest BCUT2D eigenvalue weighted by molar-refractivity contribution is -0.143. The Morgan fingerprint density at radius 3 is 2.26 bits per heavy atom. The van der Waals surface area contributed by atoms with Crippen LogP contribution in [0.1, 0.15) is 50.3 Å². The van der Waals surface area contributed by atoms with Crippen LogP contribution < -0.4 is 5.32 Å². The number of rotatable bonds is 5. The Morgan fingerprint density at radius 1 is 1.13 bits per heavy atom. The summed E-state index contributed by atoms with van der Waals surface area (Å²) in [4.78, 5) is 14.9. The van der Waals surface area contributed by atoms with Crippen molar-refractivity contribution >= 4 is 5.91 Å². The number of alkyl halides is 3. The Labute approximate surface area is 178 Å². The van der Waals surface area contributed by atoms with E-state index < -0.39 is 34.8 Å². The molecule has 1 amide bonds. The van der Waals surface area contributed by atoms with Crippen molar-refractivity contribution in [1.82, 2.24) is 25.2 Å². The first-order chi connectivity index (χ1) is 14.4. The molecule has 0 aliphatic carbocycles. The van der Waals surface area contributed by atoms with Crippen molar-refractivity contribution in [3.63, 3.8) is 0 Å². The molecule has 10 heteroatoms. The van der Waals surface area contributed by atoms with Gasteiger partial charge in [-0.3, -0.25) is 9.69 Å². The fourth-order valence-electron chi connectivity index (χ4n) is 4.10. The van der Waals surface area contributed by atoms with Gasteiger partial charge >= 0.3 is 6.18 Å². The smallest absolute Gasteiger partial charge is 0.349 e. The van der Waals surface area contributed by atoms with Gasteiger partial charge in [-0.15, -0.1) is 5.10 Å². The third-order valence-electron chi connectivity index (χ3n) is 5.63. The van der Waals surface area contributed by atoms with E-state index >= 15 is 0 Å². The molecule has 2 unspecified atom stereocenters. The third-order valence-corrected chi connectivity index (χ3v) is 5.63. The maximum atomic E-state index is 13.8. The van der Waals surface area contributed by atoms with Gasteiger partial charge in [0, 0.05) is 25.2 Å². The minimum absolute atomic E-state index is 0.0445. The number of benzene rings is 1. The van der Waals surface area contributed by atoms with Crippen LogP contribution in [-0.4, -0.2) is 51.0 Å². The van der Waals surface area contributed by atoms with E-state index in [2.05, 4.69) is 34.4 Å². The van der Waals surface area contributed by atoms with Crippen LogP contribution in [0.2, 0.25) is 0 Å². The molecule has 1 saturated heterocycles. The number of halogens is 4. The predicted molar refractivity (Wildman–Crippen MR) is 107 cm³/mol. The Hall–Kier alpha value is -2.49. The summed E-state index contributed by atoms with van der Waals surface area (Å²) in [7, 11) is 0. The largest absolute Gasteiger partial charge is 0.435 e. The molecule has 1 aliphatic rings. The van der Waals surface area contributed by atoms with Gasteiger partial charge in [0.25, 0.3) is 5.91 Å².